The largest absolute Gasteiger partial charge is 0.492 e. The molecular formula is C31H29BrCl2N6O. The zero-order chi connectivity index (χ0) is 28.8. The smallest absolute Gasteiger partial charge is 0.227 e. The van der Waals surface area contributed by atoms with Crippen LogP contribution in [-0.4, -0.2) is 51.1 Å². The Hall–Kier alpha value is -3.43. The van der Waals surface area contributed by atoms with Crippen LogP contribution < -0.4 is 10.1 Å². The highest BCUT2D eigenvalue weighted by Crippen LogP contribution is 2.38. The Morgan fingerprint density at radius 3 is 2.37 bits per heavy atom. The monoisotopic (exact) mass is 650 g/mol. The maximum Gasteiger partial charge on any atom is 0.227 e. The summed E-state index contributed by atoms with van der Waals surface area (Å²) in [6.45, 7) is 7.88. The molecule has 0 atom stereocenters. The Balaban J connectivity index is 1.42. The fourth-order valence-corrected chi connectivity index (χ4v) is 5.38. The van der Waals surface area contributed by atoms with Crippen molar-refractivity contribution in [3.63, 3.8) is 0 Å². The molecule has 5 rings (SSSR count). The molecular weight excluding hydrogens is 623 g/mol. The first-order chi connectivity index (χ1) is 19.9. The Morgan fingerprint density at radius 2 is 1.66 bits per heavy atom. The highest BCUT2D eigenvalue weighted by atomic mass is 79.9. The van der Waals surface area contributed by atoms with Crippen molar-refractivity contribution in [2.24, 2.45) is 0 Å². The van der Waals surface area contributed by atoms with Crippen LogP contribution in [0.1, 0.15) is 13.8 Å². The number of hydrogen-bond acceptors (Lipinski definition) is 6. The van der Waals surface area contributed by atoms with Crippen molar-refractivity contribution in [1.29, 1.82) is 0 Å². The Bertz CT molecular complexity index is 1600. The molecule has 0 aliphatic heterocycles. The number of ether oxygens (including phenoxy) is 1. The number of H-pyrrole nitrogens is 1. The van der Waals surface area contributed by atoms with Crippen LogP contribution in [0.15, 0.2) is 83.5 Å². The molecule has 0 radical (unpaired) electrons. The van der Waals surface area contributed by atoms with Crippen molar-refractivity contribution in [2.75, 3.05) is 31.6 Å². The van der Waals surface area contributed by atoms with Crippen LogP contribution in [0, 0.1) is 0 Å². The van der Waals surface area contributed by atoms with Crippen LogP contribution in [0.3, 0.4) is 0 Å². The molecule has 5 aromatic rings. The molecule has 2 heterocycles. The van der Waals surface area contributed by atoms with Gasteiger partial charge >= 0.3 is 0 Å². The first-order valence-electron chi connectivity index (χ1n) is 13.3. The summed E-state index contributed by atoms with van der Waals surface area (Å²) in [6, 6.07) is 22.9. The molecule has 0 bridgehead atoms. The second-order valence-corrected chi connectivity index (χ2v) is 10.9. The Kier molecular flexibility index (Phi) is 9.57. The molecule has 41 heavy (non-hydrogen) atoms. The molecule has 0 saturated carbocycles. The minimum absolute atomic E-state index is 0.449. The summed E-state index contributed by atoms with van der Waals surface area (Å²) in [5.74, 6) is 1.82. The Labute approximate surface area is 258 Å². The van der Waals surface area contributed by atoms with Crippen LogP contribution in [0.25, 0.3) is 34.0 Å². The standard InChI is InChI=1S/C31H29BrCl2N6O/c1-3-40(4-2)17-18-41-23-13-11-22(12-14-23)36-31-35-16-15-26(37-31)29-28(20-7-5-8-21(32)19-20)38-30(39-29)27-24(33)9-6-10-25(27)34/h5-16,19H,3-4,17-18H2,1-2H3,(H,38,39)(H,35,36,37). The van der Waals surface area contributed by atoms with Gasteiger partial charge in [0.1, 0.15) is 18.2 Å². The lowest BCUT2D eigenvalue weighted by Crippen LogP contribution is -2.27. The third kappa shape index (κ3) is 7.08. The van der Waals surface area contributed by atoms with E-state index in [1.165, 1.54) is 0 Å². The van der Waals surface area contributed by atoms with Gasteiger partial charge in [0.25, 0.3) is 0 Å². The number of hydrogen-bond donors (Lipinski definition) is 2. The van der Waals surface area contributed by atoms with Crippen molar-refractivity contribution < 1.29 is 4.74 Å². The lowest BCUT2D eigenvalue weighted by molar-refractivity contribution is 0.223. The highest BCUT2D eigenvalue weighted by molar-refractivity contribution is 9.10. The fourth-order valence-electron chi connectivity index (χ4n) is 4.40. The summed E-state index contributed by atoms with van der Waals surface area (Å²) in [7, 11) is 0. The molecule has 2 N–H and O–H groups in total. The predicted octanol–water partition coefficient (Wildman–Crippen LogP) is 8.73. The van der Waals surface area contributed by atoms with E-state index in [-0.39, 0.29) is 0 Å². The first-order valence-corrected chi connectivity index (χ1v) is 14.9. The molecule has 10 heteroatoms. The maximum absolute atomic E-state index is 6.53. The van der Waals surface area contributed by atoms with E-state index in [2.05, 4.69) is 50.0 Å². The predicted molar refractivity (Wildman–Crippen MR) is 171 cm³/mol. The number of halogens is 3. The van der Waals surface area contributed by atoms with Gasteiger partial charge in [-0.25, -0.2) is 15.0 Å². The summed E-state index contributed by atoms with van der Waals surface area (Å²) in [6.07, 6.45) is 1.71. The number of nitrogens with zero attached hydrogens (tertiary/aromatic N) is 4. The van der Waals surface area contributed by atoms with Gasteiger partial charge < -0.3 is 19.9 Å². The lowest BCUT2D eigenvalue weighted by Gasteiger charge is -2.18. The van der Waals surface area contributed by atoms with Gasteiger partial charge in [-0.2, -0.15) is 0 Å². The highest BCUT2D eigenvalue weighted by Gasteiger charge is 2.20. The third-order valence-corrected chi connectivity index (χ3v) is 7.72. The zero-order valence-electron chi connectivity index (χ0n) is 22.7. The summed E-state index contributed by atoms with van der Waals surface area (Å²) in [5.41, 5.74) is 4.48. The van der Waals surface area contributed by atoms with Crippen LogP contribution in [0.4, 0.5) is 11.6 Å². The van der Waals surface area contributed by atoms with Gasteiger partial charge in [-0.1, -0.05) is 71.2 Å². The molecule has 0 spiro atoms. The summed E-state index contributed by atoms with van der Waals surface area (Å²) in [4.78, 5) is 19.9. The fraction of sp³-hybridized carbons (Fsp3) is 0.194. The van der Waals surface area contributed by atoms with Crippen molar-refractivity contribution in [2.45, 2.75) is 13.8 Å². The topological polar surface area (TPSA) is 79.0 Å². The van der Waals surface area contributed by atoms with E-state index >= 15 is 0 Å². The molecule has 0 saturated heterocycles. The van der Waals surface area contributed by atoms with E-state index < -0.39 is 0 Å². The molecule has 0 aliphatic rings. The first kappa shape index (κ1) is 29.1. The van der Waals surface area contributed by atoms with E-state index in [1.807, 2.05) is 54.6 Å². The van der Waals surface area contributed by atoms with Crippen LogP contribution >= 0.6 is 39.1 Å². The van der Waals surface area contributed by atoms with E-state index in [9.17, 15) is 0 Å². The molecule has 3 aromatic carbocycles. The van der Waals surface area contributed by atoms with E-state index in [0.717, 1.165) is 46.8 Å². The van der Waals surface area contributed by atoms with E-state index in [1.54, 1.807) is 24.4 Å². The van der Waals surface area contributed by atoms with Gasteiger partial charge in [0.05, 0.1) is 32.7 Å². The quantitative estimate of drug-likeness (QED) is 0.149. The second kappa shape index (κ2) is 13.5. The molecule has 210 valence electrons. The number of aromatic amines is 1. The van der Waals surface area contributed by atoms with E-state index in [4.69, 9.17) is 37.9 Å². The van der Waals surface area contributed by atoms with Crippen molar-refractivity contribution in [3.8, 4) is 39.8 Å². The van der Waals surface area contributed by atoms with Crippen LogP contribution in [0.2, 0.25) is 10.0 Å². The molecule has 0 unspecified atom stereocenters. The number of benzene rings is 3. The number of anilines is 2. The zero-order valence-corrected chi connectivity index (χ0v) is 25.8. The summed E-state index contributed by atoms with van der Waals surface area (Å²) >= 11 is 16.6. The molecule has 0 aliphatic carbocycles. The van der Waals surface area contributed by atoms with Gasteiger partial charge in [-0.15, -0.1) is 0 Å². The lowest BCUT2D eigenvalue weighted by atomic mass is 10.1. The maximum atomic E-state index is 6.53. The summed E-state index contributed by atoms with van der Waals surface area (Å²) in [5, 5.41) is 4.30. The normalized spacial score (nSPS) is 11.2. The number of rotatable bonds is 11. The van der Waals surface area contributed by atoms with Gasteiger partial charge in [-0.3, -0.25) is 0 Å². The van der Waals surface area contributed by atoms with Gasteiger partial charge in [0.2, 0.25) is 5.95 Å². The molecule has 7 nitrogen and oxygen atoms in total. The van der Waals surface area contributed by atoms with Crippen LogP contribution in [-0.2, 0) is 0 Å². The van der Waals surface area contributed by atoms with E-state index in [0.29, 0.717) is 45.4 Å². The number of aromatic nitrogens is 4. The van der Waals surface area contributed by atoms with Crippen molar-refractivity contribution >= 4 is 50.8 Å². The van der Waals surface area contributed by atoms with Crippen LogP contribution in [0.5, 0.6) is 5.75 Å². The number of nitrogens with one attached hydrogen (secondary N) is 2. The molecule has 0 fully saturated rings. The summed E-state index contributed by atoms with van der Waals surface area (Å²) < 4.78 is 6.84. The second-order valence-electron chi connectivity index (χ2n) is 9.21. The Morgan fingerprint density at radius 1 is 0.927 bits per heavy atom. The minimum Gasteiger partial charge on any atom is -0.492 e. The average Bonchev–Trinajstić information content (AvgIpc) is 3.41. The van der Waals surface area contributed by atoms with Gasteiger partial charge in [-0.05, 0) is 67.7 Å². The van der Waals surface area contributed by atoms with Crippen molar-refractivity contribution in [1.82, 2.24) is 24.8 Å². The minimum atomic E-state index is 0.449. The molecule has 0 amide bonds. The third-order valence-electron chi connectivity index (χ3n) is 6.59. The molecule has 2 aromatic heterocycles. The number of imidazole rings is 1. The SMILES string of the molecule is CCN(CC)CCOc1ccc(Nc2nccc(-c3[nH]c(-c4c(Cl)cccc4Cl)nc3-c3cccc(Br)c3)n2)cc1. The number of likely N-dealkylation sites (N-methyl/N-ethyl adjacent to an activating group) is 1. The van der Waals surface area contributed by atoms with Gasteiger partial charge in [0, 0.05) is 28.5 Å². The average molecular weight is 652 g/mol. The van der Waals surface area contributed by atoms with Crippen molar-refractivity contribution in [3.05, 3.63) is 93.5 Å². The van der Waals surface area contributed by atoms with Gasteiger partial charge in [0.15, 0.2) is 0 Å².